The van der Waals surface area contributed by atoms with E-state index in [-0.39, 0.29) is 11.8 Å². The summed E-state index contributed by atoms with van der Waals surface area (Å²) in [6.45, 7) is 6.84. The highest BCUT2D eigenvalue weighted by Crippen LogP contribution is 2.35. The zero-order valence-corrected chi connectivity index (χ0v) is 17.1. The molecule has 148 valence electrons. The zero-order valence-electron chi connectivity index (χ0n) is 17.1. The summed E-state index contributed by atoms with van der Waals surface area (Å²) in [5, 5.41) is 0. The minimum Gasteiger partial charge on any atom is -0.369 e. The summed E-state index contributed by atoms with van der Waals surface area (Å²) in [6, 6.07) is 18.5. The van der Waals surface area contributed by atoms with E-state index in [4.69, 9.17) is 5.73 Å². The lowest BCUT2D eigenvalue weighted by atomic mass is 9.74. The molecule has 1 aliphatic heterocycles. The summed E-state index contributed by atoms with van der Waals surface area (Å²) >= 11 is 0. The number of hydrogen-bond acceptors (Lipinski definition) is 2. The predicted molar refractivity (Wildman–Crippen MR) is 112 cm³/mol. The molecule has 0 saturated carbocycles. The van der Waals surface area contributed by atoms with Gasteiger partial charge in [-0.3, -0.25) is 9.59 Å². The van der Waals surface area contributed by atoms with E-state index in [1.807, 2.05) is 43.9 Å². The highest BCUT2D eigenvalue weighted by molar-refractivity contribution is 5.85. The molecule has 0 spiro atoms. The maximum absolute atomic E-state index is 12.8. The van der Waals surface area contributed by atoms with Crippen LogP contribution in [0.2, 0.25) is 0 Å². The van der Waals surface area contributed by atoms with Crippen molar-refractivity contribution < 1.29 is 9.59 Å². The van der Waals surface area contributed by atoms with E-state index in [0.717, 1.165) is 24.0 Å². The van der Waals surface area contributed by atoms with Gasteiger partial charge in [0, 0.05) is 18.5 Å². The molecule has 2 aromatic carbocycles. The molecule has 1 fully saturated rings. The first kappa shape index (κ1) is 20.1. The highest BCUT2D eigenvalue weighted by atomic mass is 16.2. The fraction of sp³-hybridized carbons (Fsp3) is 0.417. The maximum Gasteiger partial charge on any atom is 0.227 e. The third-order valence-electron chi connectivity index (χ3n) is 5.63. The second-order valence-electron chi connectivity index (χ2n) is 8.96. The molecule has 4 nitrogen and oxygen atoms in total. The number of benzene rings is 2. The van der Waals surface area contributed by atoms with E-state index in [1.165, 1.54) is 5.56 Å². The summed E-state index contributed by atoms with van der Waals surface area (Å²) in [5.74, 6) is -0.233. The van der Waals surface area contributed by atoms with Crippen LogP contribution >= 0.6 is 0 Å². The lowest BCUT2D eigenvalue weighted by molar-refractivity contribution is -0.146. The van der Waals surface area contributed by atoms with Crippen LogP contribution in [-0.2, 0) is 16.0 Å². The van der Waals surface area contributed by atoms with E-state index in [9.17, 15) is 9.59 Å². The molecular formula is C24H30N2O2. The monoisotopic (exact) mass is 378 g/mol. The first-order valence-electron chi connectivity index (χ1n) is 9.95. The van der Waals surface area contributed by atoms with Crippen molar-refractivity contribution in [3.63, 3.8) is 0 Å². The molecule has 1 aliphatic rings. The number of nitrogens with two attached hydrogens (primary N) is 1. The van der Waals surface area contributed by atoms with Gasteiger partial charge in [-0.05, 0) is 36.0 Å². The van der Waals surface area contributed by atoms with Crippen molar-refractivity contribution in [2.75, 3.05) is 13.1 Å². The van der Waals surface area contributed by atoms with E-state index in [0.29, 0.717) is 19.5 Å². The van der Waals surface area contributed by atoms with Crippen LogP contribution in [0.1, 0.15) is 39.2 Å². The largest absolute Gasteiger partial charge is 0.369 e. The van der Waals surface area contributed by atoms with Crippen LogP contribution in [0.3, 0.4) is 0 Å². The quantitative estimate of drug-likeness (QED) is 0.873. The van der Waals surface area contributed by atoms with Crippen LogP contribution in [-0.4, -0.2) is 29.8 Å². The normalized spacial score (nSPS) is 20.0. The van der Waals surface area contributed by atoms with Crippen LogP contribution in [0.5, 0.6) is 0 Å². The Hall–Kier alpha value is -2.62. The van der Waals surface area contributed by atoms with E-state index >= 15 is 0 Å². The van der Waals surface area contributed by atoms with Crippen LogP contribution in [0.25, 0.3) is 11.1 Å². The summed E-state index contributed by atoms with van der Waals surface area (Å²) in [7, 11) is 0. The van der Waals surface area contributed by atoms with Gasteiger partial charge in [-0.15, -0.1) is 0 Å². The van der Waals surface area contributed by atoms with Crippen molar-refractivity contribution in [2.45, 2.75) is 40.0 Å². The Kier molecular flexibility index (Phi) is 5.59. The predicted octanol–water partition coefficient (Wildman–Crippen LogP) is 4.04. The standard InChI is InChI=1S/C24H30N2O2/c1-23(2,3)22(28)26-15-7-14-24(17-26,21(25)27)16-18-10-12-20(13-11-18)19-8-5-4-6-9-19/h4-6,8-13H,7,14-17H2,1-3H3,(H2,25,27). The summed E-state index contributed by atoms with van der Waals surface area (Å²) < 4.78 is 0. The number of piperidine rings is 1. The van der Waals surface area contributed by atoms with Crippen LogP contribution in [0.15, 0.2) is 54.6 Å². The first-order valence-corrected chi connectivity index (χ1v) is 9.95. The Bertz CT molecular complexity index is 837. The average Bonchev–Trinajstić information content (AvgIpc) is 2.68. The number of rotatable bonds is 4. The van der Waals surface area contributed by atoms with Crippen molar-refractivity contribution in [2.24, 2.45) is 16.6 Å². The highest BCUT2D eigenvalue weighted by Gasteiger charge is 2.43. The molecule has 2 N–H and O–H groups in total. The van der Waals surface area contributed by atoms with E-state index < -0.39 is 10.8 Å². The summed E-state index contributed by atoms with van der Waals surface area (Å²) in [5.41, 5.74) is 8.09. The van der Waals surface area contributed by atoms with Crippen LogP contribution < -0.4 is 5.73 Å². The molecule has 2 amide bonds. The summed E-state index contributed by atoms with van der Waals surface area (Å²) in [6.07, 6.45) is 2.08. The van der Waals surface area contributed by atoms with Crippen molar-refractivity contribution in [3.8, 4) is 11.1 Å². The molecule has 3 rings (SSSR count). The van der Waals surface area contributed by atoms with Crippen LogP contribution in [0.4, 0.5) is 0 Å². The van der Waals surface area contributed by atoms with Gasteiger partial charge in [-0.25, -0.2) is 0 Å². The SMILES string of the molecule is CC(C)(C)C(=O)N1CCCC(Cc2ccc(-c3ccccc3)cc2)(C(N)=O)C1. The van der Waals surface area contributed by atoms with Gasteiger partial charge in [0.25, 0.3) is 0 Å². The van der Waals surface area contributed by atoms with Crippen molar-refractivity contribution in [3.05, 3.63) is 60.2 Å². The number of primary amides is 1. The van der Waals surface area contributed by atoms with E-state index in [1.54, 1.807) is 0 Å². The molecule has 1 heterocycles. The number of amides is 2. The molecule has 28 heavy (non-hydrogen) atoms. The Labute approximate surface area is 167 Å². The molecule has 0 bridgehead atoms. The van der Waals surface area contributed by atoms with Gasteiger partial charge < -0.3 is 10.6 Å². The molecule has 4 heteroatoms. The molecule has 1 atom stereocenters. The molecule has 0 radical (unpaired) electrons. The summed E-state index contributed by atoms with van der Waals surface area (Å²) in [4.78, 5) is 27.1. The number of likely N-dealkylation sites (tertiary alicyclic amines) is 1. The van der Waals surface area contributed by atoms with E-state index in [2.05, 4.69) is 36.4 Å². The molecule has 0 aliphatic carbocycles. The van der Waals surface area contributed by atoms with Crippen LogP contribution in [0, 0.1) is 10.8 Å². The fourth-order valence-corrected chi connectivity index (χ4v) is 4.05. The molecule has 1 unspecified atom stereocenters. The zero-order chi connectivity index (χ0) is 20.4. The van der Waals surface area contributed by atoms with Gasteiger partial charge >= 0.3 is 0 Å². The van der Waals surface area contributed by atoms with Gasteiger partial charge in [0.05, 0.1) is 5.41 Å². The Balaban J connectivity index is 1.81. The number of carbonyl (C=O) groups excluding carboxylic acids is 2. The fourth-order valence-electron chi connectivity index (χ4n) is 4.05. The lowest BCUT2D eigenvalue weighted by Gasteiger charge is -2.42. The Morgan fingerprint density at radius 3 is 2.18 bits per heavy atom. The third kappa shape index (κ3) is 4.27. The second-order valence-corrected chi connectivity index (χ2v) is 8.96. The van der Waals surface area contributed by atoms with Gasteiger partial charge in [-0.1, -0.05) is 75.4 Å². The minimum atomic E-state index is -0.701. The molecule has 1 saturated heterocycles. The van der Waals surface area contributed by atoms with Crippen molar-refractivity contribution in [1.82, 2.24) is 4.90 Å². The molecule has 0 aromatic heterocycles. The third-order valence-corrected chi connectivity index (χ3v) is 5.63. The molecular weight excluding hydrogens is 348 g/mol. The minimum absolute atomic E-state index is 0.0808. The Morgan fingerprint density at radius 2 is 1.61 bits per heavy atom. The maximum atomic E-state index is 12.8. The van der Waals surface area contributed by atoms with Gasteiger partial charge in [0.1, 0.15) is 0 Å². The Morgan fingerprint density at radius 1 is 1.00 bits per heavy atom. The first-order chi connectivity index (χ1) is 13.2. The van der Waals surface area contributed by atoms with Crippen molar-refractivity contribution in [1.29, 1.82) is 0 Å². The second kappa shape index (κ2) is 7.78. The van der Waals surface area contributed by atoms with Gasteiger partial charge in [0.15, 0.2) is 0 Å². The topological polar surface area (TPSA) is 63.4 Å². The van der Waals surface area contributed by atoms with Crippen molar-refractivity contribution >= 4 is 11.8 Å². The smallest absolute Gasteiger partial charge is 0.227 e. The van der Waals surface area contributed by atoms with Gasteiger partial charge in [-0.2, -0.15) is 0 Å². The number of carbonyl (C=O) groups is 2. The number of hydrogen-bond donors (Lipinski definition) is 1. The van der Waals surface area contributed by atoms with Gasteiger partial charge in [0.2, 0.25) is 11.8 Å². The molecule has 2 aromatic rings. The lowest BCUT2D eigenvalue weighted by Crippen LogP contribution is -2.55. The average molecular weight is 379 g/mol. The number of nitrogens with zero attached hydrogens (tertiary/aromatic N) is 1.